The molecule has 5 heteroatoms. The fourth-order valence-corrected chi connectivity index (χ4v) is 2.06. The van der Waals surface area contributed by atoms with Gasteiger partial charge in [-0.3, -0.25) is 4.68 Å². The van der Waals surface area contributed by atoms with Crippen molar-refractivity contribution in [1.82, 2.24) is 20.1 Å². The fraction of sp³-hybridized carbons (Fsp3) is 0.833. The fourth-order valence-electron chi connectivity index (χ4n) is 2.06. The lowest BCUT2D eigenvalue weighted by molar-refractivity contribution is 0.0275. The minimum atomic E-state index is 0.235. The predicted octanol–water partition coefficient (Wildman–Crippen LogP) is 0.545. The normalized spacial score (nSPS) is 21.1. The third kappa shape index (κ3) is 3.51. The van der Waals surface area contributed by atoms with Gasteiger partial charge in [0.05, 0.1) is 12.7 Å². The molecule has 0 aromatic carbocycles. The van der Waals surface area contributed by atoms with Gasteiger partial charge < -0.3 is 10.1 Å². The minimum Gasteiger partial charge on any atom is -0.375 e. The van der Waals surface area contributed by atoms with Crippen molar-refractivity contribution in [3.8, 4) is 0 Å². The zero-order valence-electron chi connectivity index (χ0n) is 10.9. The molecule has 1 unspecified atom stereocenters. The average Bonchev–Trinajstić information content (AvgIpc) is 2.59. The summed E-state index contributed by atoms with van der Waals surface area (Å²) in [6, 6.07) is 0. The predicted molar refractivity (Wildman–Crippen MR) is 65.9 cm³/mol. The number of nitrogens with one attached hydrogen (secondary N) is 1. The van der Waals surface area contributed by atoms with E-state index in [0.717, 1.165) is 44.2 Å². The highest BCUT2D eigenvalue weighted by molar-refractivity contribution is 4.96. The maximum atomic E-state index is 5.68. The number of aryl methyl sites for hydroxylation is 1. The zero-order valence-corrected chi connectivity index (χ0v) is 10.9. The SMILES string of the molecule is CC(C)Cc1nc(CC2CNCCO2)n(C)n1. The Labute approximate surface area is 103 Å². The van der Waals surface area contributed by atoms with Crippen molar-refractivity contribution in [2.45, 2.75) is 32.8 Å². The molecule has 5 nitrogen and oxygen atoms in total. The van der Waals surface area contributed by atoms with Gasteiger partial charge >= 0.3 is 0 Å². The molecule has 0 aliphatic carbocycles. The molecule has 1 aromatic rings. The summed E-state index contributed by atoms with van der Waals surface area (Å²) in [5, 5.41) is 7.78. The lowest BCUT2D eigenvalue weighted by Crippen LogP contribution is -2.40. The van der Waals surface area contributed by atoms with Crippen LogP contribution in [0, 0.1) is 5.92 Å². The Balaban J connectivity index is 1.97. The van der Waals surface area contributed by atoms with Crippen molar-refractivity contribution in [1.29, 1.82) is 0 Å². The van der Waals surface area contributed by atoms with Crippen LogP contribution in [0.2, 0.25) is 0 Å². The number of hydrogen-bond donors (Lipinski definition) is 1. The second kappa shape index (κ2) is 5.60. The van der Waals surface area contributed by atoms with E-state index >= 15 is 0 Å². The highest BCUT2D eigenvalue weighted by atomic mass is 16.5. The first-order valence-corrected chi connectivity index (χ1v) is 6.36. The van der Waals surface area contributed by atoms with Crippen LogP contribution in [0.3, 0.4) is 0 Å². The Kier molecular flexibility index (Phi) is 4.12. The van der Waals surface area contributed by atoms with Crippen LogP contribution < -0.4 is 5.32 Å². The van der Waals surface area contributed by atoms with E-state index in [1.54, 1.807) is 0 Å². The Morgan fingerprint density at radius 3 is 3.00 bits per heavy atom. The Bertz CT molecular complexity index is 355. The highest BCUT2D eigenvalue weighted by Crippen LogP contribution is 2.08. The molecular formula is C12H22N4O. The van der Waals surface area contributed by atoms with E-state index < -0.39 is 0 Å². The van der Waals surface area contributed by atoms with Crippen LogP contribution in [0.15, 0.2) is 0 Å². The van der Waals surface area contributed by atoms with Gasteiger partial charge in [-0.2, -0.15) is 5.10 Å². The molecule has 1 N–H and O–H groups in total. The van der Waals surface area contributed by atoms with E-state index in [9.17, 15) is 0 Å². The summed E-state index contributed by atoms with van der Waals surface area (Å²) in [7, 11) is 1.96. The topological polar surface area (TPSA) is 52.0 Å². The summed E-state index contributed by atoms with van der Waals surface area (Å²) in [6.07, 6.45) is 2.02. The number of hydrogen-bond acceptors (Lipinski definition) is 4. The average molecular weight is 238 g/mol. The summed E-state index contributed by atoms with van der Waals surface area (Å²) in [5.41, 5.74) is 0. The van der Waals surface area contributed by atoms with Crippen LogP contribution in [0.1, 0.15) is 25.5 Å². The maximum Gasteiger partial charge on any atom is 0.151 e. The number of nitrogens with zero attached hydrogens (tertiary/aromatic N) is 3. The first-order chi connectivity index (χ1) is 8.15. The summed E-state index contributed by atoms with van der Waals surface area (Å²) >= 11 is 0. The van der Waals surface area contributed by atoms with Crippen molar-refractivity contribution >= 4 is 0 Å². The molecule has 0 bridgehead atoms. The molecule has 1 aliphatic rings. The second-order valence-electron chi connectivity index (χ2n) is 5.07. The van der Waals surface area contributed by atoms with Gasteiger partial charge in [-0.05, 0) is 5.92 Å². The molecule has 1 saturated heterocycles. The van der Waals surface area contributed by atoms with Gasteiger partial charge in [0.25, 0.3) is 0 Å². The van der Waals surface area contributed by atoms with E-state index in [-0.39, 0.29) is 6.10 Å². The van der Waals surface area contributed by atoms with Crippen LogP contribution in [0.5, 0.6) is 0 Å². The monoisotopic (exact) mass is 238 g/mol. The van der Waals surface area contributed by atoms with Crippen molar-refractivity contribution in [2.24, 2.45) is 13.0 Å². The van der Waals surface area contributed by atoms with E-state index in [1.807, 2.05) is 11.7 Å². The van der Waals surface area contributed by atoms with Crippen LogP contribution in [-0.4, -0.2) is 40.6 Å². The smallest absolute Gasteiger partial charge is 0.151 e. The van der Waals surface area contributed by atoms with Gasteiger partial charge in [-0.25, -0.2) is 4.98 Å². The quantitative estimate of drug-likeness (QED) is 0.832. The lowest BCUT2D eigenvalue weighted by atomic mass is 10.1. The molecule has 2 rings (SSSR count). The molecule has 0 spiro atoms. The number of ether oxygens (including phenoxy) is 1. The number of rotatable bonds is 4. The first-order valence-electron chi connectivity index (χ1n) is 6.36. The molecule has 96 valence electrons. The van der Waals surface area contributed by atoms with Gasteiger partial charge in [0, 0.05) is 33.0 Å². The summed E-state index contributed by atoms with van der Waals surface area (Å²) in [6.45, 7) is 7.02. The van der Waals surface area contributed by atoms with Crippen molar-refractivity contribution < 1.29 is 4.74 Å². The van der Waals surface area contributed by atoms with Gasteiger partial charge in [0.2, 0.25) is 0 Å². The van der Waals surface area contributed by atoms with Gasteiger partial charge in [-0.1, -0.05) is 13.8 Å². The lowest BCUT2D eigenvalue weighted by Gasteiger charge is -2.22. The van der Waals surface area contributed by atoms with E-state index in [4.69, 9.17) is 4.74 Å². The van der Waals surface area contributed by atoms with Crippen molar-refractivity contribution in [2.75, 3.05) is 19.7 Å². The van der Waals surface area contributed by atoms with Crippen LogP contribution in [0.4, 0.5) is 0 Å². The minimum absolute atomic E-state index is 0.235. The van der Waals surface area contributed by atoms with Crippen molar-refractivity contribution in [3.05, 3.63) is 11.6 Å². The molecule has 1 atom stereocenters. The number of aromatic nitrogens is 3. The Morgan fingerprint density at radius 1 is 1.53 bits per heavy atom. The van der Waals surface area contributed by atoms with E-state index in [0.29, 0.717) is 5.92 Å². The third-order valence-corrected chi connectivity index (χ3v) is 2.90. The molecule has 17 heavy (non-hydrogen) atoms. The largest absolute Gasteiger partial charge is 0.375 e. The first kappa shape index (κ1) is 12.5. The highest BCUT2D eigenvalue weighted by Gasteiger charge is 2.17. The Morgan fingerprint density at radius 2 is 2.35 bits per heavy atom. The molecule has 1 aliphatic heterocycles. The van der Waals surface area contributed by atoms with E-state index in [2.05, 4.69) is 29.2 Å². The standard InChI is InChI=1S/C12H22N4O/c1-9(2)6-11-14-12(16(3)15-11)7-10-8-13-4-5-17-10/h9-10,13H,4-8H2,1-3H3. The molecule has 1 fully saturated rings. The van der Waals surface area contributed by atoms with Crippen molar-refractivity contribution in [3.63, 3.8) is 0 Å². The molecule has 0 saturated carbocycles. The molecule has 0 amide bonds. The van der Waals surface area contributed by atoms with Gasteiger partial charge in [0.1, 0.15) is 5.82 Å². The zero-order chi connectivity index (χ0) is 12.3. The van der Waals surface area contributed by atoms with E-state index in [1.165, 1.54) is 0 Å². The summed E-state index contributed by atoms with van der Waals surface area (Å²) < 4.78 is 7.57. The molecule has 2 heterocycles. The van der Waals surface area contributed by atoms with Crippen LogP contribution >= 0.6 is 0 Å². The van der Waals surface area contributed by atoms with Gasteiger partial charge in [-0.15, -0.1) is 0 Å². The molecular weight excluding hydrogens is 216 g/mol. The summed E-state index contributed by atoms with van der Waals surface area (Å²) in [4.78, 5) is 4.59. The second-order valence-corrected chi connectivity index (χ2v) is 5.07. The molecule has 0 radical (unpaired) electrons. The maximum absolute atomic E-state index is 5.68. The third-order valence-electron chi connectivity index (χ3n) is 2.90. The summed E-state index contributed by atoms with van der Waals surface area (Å²) in [5.74, 6) is 2.56. The number of morpholine rings is 1. The van der Waals surface area contributed by atoms with Crippen LogP contribution in [0.25, 0.3) is 0 Å². The van der Waals surface area contributed by atoms with Gasteiger partial charge in [0.15, 0.2) is 5.82 Å². The Hall–Kier alpha value is -0.940. The molecule has 1 aromatic heterocycles. The van der Waals surface area contributed by atoms with Crippen LogP contribution in [-0.2, 0) is 24.6 Å².